The molecule has 0 heterocycles. The number of ether oxygens (including phenoxy) is 7. The van der Waals surface area contributed by atoms with Gasteiger partial charge in [-0.05, 0) is 6.92 Å². The van der Waals surface area contributed by atoms with Gasteiger partial charge in [0.1, 0.15) is 33.0 Å². The van der Waals surface area contributed by atoms with Crippen LogP contribution in [0.3, 0.4) is 0 Å². The third-order valence-electron chi connectivity index (χ3n) is 2.41. The largest absolute Gasteiger partial charge is 0.508 e. The molecular formula is C18H38O11. The van der Waals surface area contributed by atoms with Crippen LogP contribution in [-0.2, 0) is 38.0 Å². The van der Waals surface area contributed by atoms with Crippen LogP contribution in [0.5, 0.6) is 0 Å². The molecule has 0 aromatic heterocycles. The zero-order chi connectivity index (χ0) is 22.8. The fourth-order valence-electron chi connectivity index (χ4n) is 1.31. The lowest BCUT2D eigenvalue weighted by atomic mass is 10.4. The number of rotatable bonds is 15. The SMILES string of the molecule is CC.CC.COCCOC(=O)OCCOC(C)COCCOC(=O)OCCOO. The lowest BCUT2D eigenvalue weighted by Crippen LogP contribution is -2.22. The molecule has 176 valence electrons. The normalized spacial score (nSPS) is 10.4. The van der Waals surface area contributed by atoms with E-state index in [0.717, 1.165) is 0 Å². The van der Waals surface area contributed by atoms with Gasteiger partial charge < -0.3 is 33.2 Å². The summed E-state index contributed by atoms with van der Waals surface area (Å²) in [7, 11) is 1.50. The van der Waals surface area contributed by atoms with Gasteiger partial charge in [-0.1, -0.05) is 27.7 Å². The summed E-state index contributed by atoms with van der Waals surface area (Å²) in [5.41, 5.74) is 0. The molecular weight excluding hydrogens is 392 g/mol. The predicted molar refractivity (Wildman–Crippen MR) is 104 cm³/mol. The number of carbonyl (C=O) groups excluding carboxylic acids is 2. The lowest BCUT2D eigenvalue weighted by Gasteiger charge is -2.13. The summed E-state index contributed by atoms with van der Waals surface area (Å²) in [4.78, 5) is 25.8. The highest BCUT2D eigenvalue weighted by Crippen LogP contribution is 1.94. The summed E-state index contributed by atoms with van der Waals surface area (Å²) in [6.07, 6.45) is -1.89. The van der Waals surface area contributed by atoms with E-state index in [1.54, 1.807) is 6.92 Å². The van der Waals surface area contributed by atoms with E-state index in [2.05, 4.69) is 9.62 Å². The summed E-state index contributed by atoms with van der Waals surface area (Å²) in [6.45, 7) is 10.7. The van der Waals surface area contributed by atoms with Gasteiger partial charge in [-0.2, -0.15) is 0 Å². The minimum Gasteiger partial charge on any atom is -0.432 e. The van der Waals surface area contributed by atoms with Gasteiger partial charge >= 0.3 is 12.3 Å². The molecule has 1 unspecified atom stereocenters. The van der Waals surface area contributed by atoms with Crippen molar-refractivity contribution in [3.63, 3.8) is 0 Å². The lowest BCUT2D eigenvalue weighted by molar-refractivity contribution is -0.247. The highest BCUT2D eigenvalue weighted by Gasteiger charge is 2.07. The third-order valence-corrected chi connectivity index (χ3v) is 2.41. The molecule has 0 rings (SSSR count). The summed E-state index contributed by atoms with van der Waals surface area (Å²) in [5, 5.41) is 8.03. The van der Waals surface area contributed by atoms with Crippen LogP contribution in [0.4, 0.5) is 9.59 Å². The Kier molecular flexibility index (Phi) is 31.5. The van der Waals surface area contributed by atoms with Crippen molar-refractivity contribution in [1.82, 2.24) is 0 Å². The Bertz CT molecular complexity index is 340. The van der Waals surface area contributed by atoms with E-state index in [1.807, 2.05) is 27.7 Å². The molecule has 0 aromatic carbocycles. The van der Waals surface area contributed by atoms with E-state index in [4.69, 9.17) is 33.7 Å². The molecule has 0 aliphatic rings. The van der Waals surface area contributed by atoms with Crippen LogP contribution >= 0.6 is 0 Å². The first-order valence-electron chi connectivity index (χ1n) is 9.63. The number of carbonyl (C=O) groups is 2. The van der Waals surface area contributed by atoms with E-state index in [0.29, 0.717) is 6.61 Å². The second-order valence-corrected chi connectivity index (χ2v) is 4.48. The van der Waals surface area contributed by atoms with Gasteiger partial charge in [0.25, 0.3) is 0 Å². The Morgan fingerprint density at radius 2 is 1.17 bits per heavy atom. The maximum absolute atomic E-state index is 11.1. The maximum Gasteiger partial charge on any atom is 0.508 e. The molecule has 0 amide bonds. The van der Waals surface area contributed by atoms with Crippen LogP contribution in [0.25, 0.3) is 0 Å². The summed E-state index contributed by atoms with van der Waals surface area (Å²) >= 11 is 0. The molecule has 11 heteroatoms. The van der Waals surface area contributed by atoms with E-state index in [9.17, 15) is 9.59 Å². The smallest absolute Gasteiger partial charge is 0.432 e. The molecule has 0 radical (unpaired) electrons. The average Bonchev–Trinajstić information content (AvgIpc) is 2.74. The molecule has 1 N–H and O–H groups in total. The summed E-state index contributed by atoms with van der Waals surface area (Å²) < 4.78 is 34.0. The molecule has 0 aliphatic heterocycles. The quantitative estimate of drug-likeness (QED) is 0.178. The second-order valence-electron chi connectivity index (χ2n) is 4.48. The van der Waals surface area contributed by atoms with Crippen LogP contribution < -0.4 is 0 Å². The van der Waals surface area contributed by atoms with E-state index >= 15 is 0 Å². The van der Waals surface area contributed by atoms with E-state index < -0.39 is 12.3 Å². The first-order chi connectivity index (χ1) is 14.1. The van der Waals surface area contributed by atoms with Gasteiger partial charge in [0.2, 0.25) is 0 Å². The first-order valence-corrected chi connectivity index (χ1v) is 9.63. The Morgan fingerprint density at radius 1 is 0.724 bits per heavy atom. The zero-order valence-corrected chi connectivity index (χ0v) is 18.5. The van der Waals surface area contributed by atoms with Crippen molar-refractivity contribution in [3.8, 4) is 0 Å². The van der Waals surface area contributed by atoms with Crippen molar-refractivity contribution in [3.05, 3.63) is 0 Å². The predicted octanol–water partition coefficient (Wildman–Crippen LogP) is 2.90. The van der Waals surface area contributed by atoms with Gasteiger partial charge in [0.15, 0.2) is 0 Å². The number of methoxy groups -OCH3 is 1. The molecule has 0 spiro atoms. The minimum absolute atomic E-state index is 0.0158. The Balaban J connectivity index is -0.00000158. The second kappa shape index (κ2) is 28.5. The standard InChI is InChI=1S/C14H26O11.2C2H6/c1-12(20-7-8-23-13(15)21-5-3-18-2)11-19-4-6-22-14(16)24-9-10-25-17;2*1-2/h12,17H,3-11H2,1-2H3;2*1-2H3. The molecule has 11 nitrogen and oxygen atoms in total. The molecule has 0 saturated carbocycles. The molecule has 0 aliphatic carbocycles. The molecule has 0 fully saturated rings. The van der Waals surface area contributed by atoms with Gasteiger partial charge in [-0.25, -0.2) is 14.5 Å². The zero-order valence-electron chi connectivity index (χ0n) is 18.5. The first kappa shape index (κ1) is 32.0. The van der Waals surface area contributed by atoms with Crippen molar-refractivity contribution in [2.24, 2.45) is 0 Å². The highest BCUT2D eigenvalue weighted by molar-refractivity contribution is 5.60. The molecule has 1 atom stereocenters. The van der Waals surface area contributed by atoms with Gasteiger partial charge in [-0.15, -0.1) is 0 Å². The fraction of sp³-hybridized carbons (Fsp3) is 0.889. The third kappa shape index (κ3) is 28.6. The summed E-state index contributed by atoms with van der Waals surface area (Å²) in [5.74, 6) is 0. The maximum atomic E-state index is 11.1. The van der Waals surface area contributed by atoms with Crippen LogP contribution in [-0.4, -0.2) is 90.2 Å². The highest BCUT2D eigenvalue weighted by atomic mass is 17.1. The van der Waals surface area contributed by atoms with Crippen molar-refractivity contribution in [1.29, 1.82) is 0 Å². The Morgan fingerprint density at radius 3 is 1.66 bits per heavy atom. The van der Waals surface area contributed by atoms with Gasteiger partial charge in [0.05, 0.1) is 32.5 Å². The van der Waals surface area contributed by atoms with Gasteiger partial charge in [0, 0.05) is 7.11 Å². The fourth-order valence-corrected chi connectivity index (χ4v) is 1.31. The molecule has 0 bridgehead atoms. The topological polar surface area (TPSA) is 128 Å². The summed E-state index contributed by atoms with van der Waals surface area (Å²) in [6, 6.07) is 0. The molecule has 0 saturated heterocycles. The minimum atomic E-state index is -0.875. The number of hydrogen-bond acceptors (Lipinski definition) is 11. The van der Waals surface area contributed by atoms with Gasteiger partial charge in [-0.3, -0.25) is 5.26 Å². The van der Waals surface area contributed by atoms with E-state index in [-0.39, 0.29) is 59.0 Å². The monoisotopic (exact) mass is 430 g/mol. The van der Waals surface area contributed by atoms with Crippen molar-refractivity contribution in [2.45, 2.75) is 40.7 Å². The van der Waals surface area contributed by atoms with Crippen LogP contribution in [0.1, 0.15) is 34.6 Å². The Labute approximate surface area is 173 Å². The van der Waals surface area contributed by atoms with E-state index in [1.165, 1.54) is 7.11 Å². The van der Waals surface area contributed by atoms with Crippen LogP contribution in [0.15, 0.2) is 0 Å². The van der Waals surface area contributed by atoms with Crippen molar-refractivity contribution < 1.29 is 52.9 Å². The Hall–Kier alpha value is -1.66. The number of hydrogen-bond donors (Lipinski definition) is 1. The molecule has 29 heavy (non-hydrogen) atoms. The van der Waals surface area contributed by atoms with Crippen molar-refractivity contribution in [2.75, 3.05) is 66.6 Å². The van der Waals surface area contributed by atoms with Crippen LogP contribution in [0, 0.1) is 0 Å². The van der Waals surface area contributed by atoms with Crippen molar-refractivity contribution >= 4 is 12.3 Å². The molecule has 0 aromatic rings. The average molecular weight is 430 g/mol. The van der Waals surface area contributed by atoms with Crippen LogP contribution in [0.2, 0.25) is 0 Å².